The molecule has 1 aliphatic heterocycles. The Labute approximate surface area is 199 Å². The summed E-state index contributed by atoms with van der Waals surface area (Å²) in [6.07, 6.45) is 0.821. The zero-order valence-electron chi connectivity index (χ0n) is 19.7. The lowest BCUT2D eigenvalue weighted by Gasteiger charge is -2.27. The predicted octanol–water partition coefficient (Wildman–Crippen LogP) is 5.85. The van der Waals surface area contributed by atoms with Crippen LogP contribution in [0.25, 0.3) is 11.0 Å². The second-order valence-corrected chi connectivity index (χ2v) is 9.35. The van der Waals surface area contributed by atoms with E-state index in [0.29, 0.717) is 34.0 Å². The highest BCUT2D eigenvalue weighted by atomic mass is 35.5. The monoisotopic (exact) mass is 466 g/mol. The summed E-state index contributed by atoms with van der Waals surface area (Å²) in [5.41, 5.74) is 2.74. The molecule has 33 heavy (non-hydrogen) atoms. The van der Waals surface area contributed by atoms with Crippen molar-refractivity contribution < 1.29 is 9.21 Å². The van der Waals surface area contributed by atoms with Gasteiger partial charge in [0.25, 0.3) is 5.91 Å². The van der Waals surface area contributed by atoms with Crippen LogP contribution in [0.3, 0.4) is 0 Å². The molecule has 0 spiro atoms. The number of benzene rings is 2. The number of rotatable bonds is 8. The van der Waals surface area contributed by atoms with Crippen LogP contribution in [0.15, 0.2) is 51.7 Å². The number of halogens is 1. The summed E-state index contributed by atoms with van der Waals surface area (Å²) in [6.45, 7) is 11.9. The minimum Gasteiger partial charge on any atom is -0.450 e. The average molecular weight is 467 g/mol. The maximum Gasteiger partial charge on any atom is 0.290 e. The second-order valence-electron chi connectivity index (χ2n) is 8.92. The van der Waals surface area contributed by atoms with Gasteiger partial charge >= 0.3 is 0 Å². The standard InChI is InChI=1S/C27H31ClN2O3/c1-5-29(6-2)14-7-15-30-24(19-10-8-18(9-11-19)17(3)4)23-25(31)21-16-20(28)12-13-22(21)33-26(23)27(30)32/h8-13,16-17,24H,5-7,14-15H2,1-4H3/t24-/m0/s1. The molecule has 2 aromatic carbocycles. The lowest BCUT2D eigenvalue weighted by molar-refractivity contribution is 0.0720. The van der Waals surface area contributed by atoms with Crippen molar-refractivity contribution in [3.05, 3.63) is 80.2 Å². The molecular weight excluding hydrogens is 436 g/mol. The van der Waals surface area contributed by atoms with Gasteiger partial charge in [-0.2, -0.15) is 0 Å². The van der Waals surface area contributed by atoms with Crippen LogP contribution in [0, 0.1) is 0 Å². The van der Waals surface area contributed by atoms with E-state index in [0.717, 1.165) is 31.6 Å². The van der Waals surface area contributed by atoms with E-state index < -0.39 is 6.04 Å². The van der Waals surface area contributed by atoms with Gasteiger partial charge < -0.3 is 14.2 Å². The lowest BCUT2D eigenvalue weighted by atomic mass is 9.95. The van der Waals surface area contributed by atoms with Crippen LogP contribution in [0.4, 0.5) is 0 Å². The Morgan fingerprint density at radius 1 is 1.06 bits per heavy atom. The summed E-state index contributed by atoms with van der Waals surface area (Å²) in [6, 6.07) is 12.7. The smallest absolute Gasteiger partial charge is 0.290 e. The Bertz CT molecular complexity index is 1210. The fourth-order valence-corrected chi connectivity index (χ4v) is 4.81. The number of carbonyl (C=O) groups is 1. The van der Waals surface area contributed by atoms with E-state index in [1.807, 2.05) is 12.1 Å². The Hall–Kier alpha value is -2.63. The van der Waals surface area contributed by atoms with Gasteiger partial charge in [-0.15, -0.1) is 0 Å². The number of hydrogen-bond donors (Lipinski definition) is 0. The summed E-state index contributed by atoms with van der Waals surface area (Å²) in [5.74, 6) is 0.324. The first-order chi connectivity index (χ1) is 15.8. The van der Waals surface area contributed by atoms with Crippen molar-refractivity contribution in [2.24, 2.45) is 0 Å². The first-order valence-corrected chi connectivity index (χ1v) is 12.1. The summed E-state index contributed by atoms with van der Waals surface area (Å²) >= 11 is 6.16. The van der Waals surface area contributed by atoms with Crippen molar-refractivity contribution in [1.82, 2.24) is 9.80 Å². The molecule has 1 aliphatic rings. The molecular formula is C27H31ClN2O3. The van der Waals surface area contributed by atoms with Crippen LogP contribution in [0.1, 0.15) is 73.3 Å². The third-order valence-corrected chi connectivity index (χ3v) is 6.85. The van der Waals surface area contributed by atoms with Crippen molar-refractivity contribution in [2.45, 2.75) is 46.1 Å². The Kier molecular flexibility index (Phi) is 6.91. The number of nitrogens with zero attached hydrogens (tertiary/aromatic N) is 2. The SMILES string of the molecule is CCN(CC)CCCN1C(=O)c2oc3ccc(Cl)cc3c(=O)c2[C@@H]1c1ccc(C(C)C)cc1. The molecule has 0 N–H and O–H groups in total. The average Bonchev–Trinajstić information content (AvgIpc) is 3.09. The number of amides is 1. The number of fused-ring (bicyclic) bond motifs is 2. The maximum atomic E-state index is 13.6. The van der Waals surface area contributed by atoms with Crippen LogP contribution >= 0.6 is 11.6 Å². The van der Waals surface area contributed by atoms with E-state index in [1.54, 1.807) is 23.1 Å². The van der Waals surface area contributed by atoms with E-state index in [1.165, 1.54) is 5.56 Å². The van der Waals surface area contributed by atoms with E-state index in [4.69, 9.17) is 16.0 Å². The molecule has 4 rings (SSSR count). The molecule has 0 radical (unpaired) electrons. The van der Waals surface area contributed by atoms with E-state index in [-0.39, 0.29) is 17.1 Å². The predicted molar refractivity (Wildman–Crippen MR) is 133 cm³/mol. The molecule has 0 bridgehead atoms. The fourth-order valence-electron chi connectivity index (χ4n) is 4.64. The highest BCUT2D eigenvalue weighted by Gasteiger charge is 2.42. The Balaban J connectivity index is 1.80. The third-order valence-electron chi connectivity index (χ3n) is 6.61. The Morgan fingerprint density at radius 3 is 2.39 bits per heavy atom. The lowest BCUT2D eigenvalue weighted by Crippen LogP contribution is -2.33. The molecule has 0 saturated carbocycles. The van der Waals surface area contributed by atoms with Crippen LogP contribution in [-0.2, 0) is 0 Å². The minimum absolute atomic E-state index is 0.149. The summed E-state index contributed by atoms with van der Waals surface area (Å²) in [4.78, 5) is 31.2. The van der Waals surface area contributed by atoms with Crippen molar-refractivity contribution in [3.63, 3.8) is 0 Å². The normalized spacial score (nSPS) is 15.8. The molecule has 174 valence electrons. The summed E-state index contributed by atoms with van der Waals surface area (Å²) < 4.78 is 6.01. The molecule has 1 aromatic heterocycles. The first kappa shape index (κ1) is 23.5. The van der Waals surface area contributed by atoms with Gasteiger partial charge in [0, 0.05) is 11.6 Å². The first-order valence-electron chi connectivity index (χ1n) is 11.7. The molecule has 1 amide bonds. The molecule has 0 unspecified atom stereocenters. The van der Waals surface area contributed by atoms with Gasteiger partial charge in [0.1, 0.15) is 5.58 Å². The molecule has 1 atom stereocenters. The van der Waals surface area contributed by atoms with Crippen LogP contribution in [-0.4, -0.2) is 41.9 Å². The highest BCUT2D eigenvalue weighted by Crippen LogP contribution is 2.38. The van der Waals surface area contributed by atoms with Crippen LogP contribution in [0.2, 0.25) is 5.02 Å². The van der Waals surface area contributed by atoms with Crippen LogP contribution in [0.5, 0.6) is 0 Å². The zero-order valence-corrected chi connectivity index (χ0v) is 20.5. The van der Waals surface area contributed by atoms with Crippen molar-refractivity contribution in [3.8, 4) is 0 Å². The summed E-state index contributed by atoms with van der Waals surface area (Å²) in [7, 11) is 0. The zero-order chi connectivity index (χ0) is 23.7. The van der Waals surface area contributed by atoms with Gasteiger partial charge in [-0.1, -0.05) is 63.6 Å². The maximum absolute atomic E-state index is 13.6. The minimum atomic E-state index is -0.468. The molecule has 6 heteroatoms. The molecule has 0 fully saturated rings. The van der Waals surface area contributed by atoms with Gasteiger partial charge in [-0.05, 0) is 61.3 Å². The quantitative estimate of drug-likeness (QED) is 0.418. The van der Waals surface area contributed by atoms with Gasteiger partial charge in [-0.3, -0.25) is 9.59 Å². The Morgan fingerprint density at radius 2 is 1.76 bits per heavy atom. The molecule has 2 heterocycles. The number of carbonyl (C=O) groups excluding carboxylic acids is 1. The topological polar surface area (TPSA) is 53.8 Å². The third kappa shape index (κ3) is 4.44. The highest BCUT2D eigenvalue weighted by molar-refractivity contribution is 6.31. The second kappa shape index (κ2) is 9.70. The largest absolute Gasteiger partial charge is 0.450 e. The van der Waals surface area contributed by atoms with Gasteiger partial charge in [-0.25, -0.2) is 0 Å². The molecule has 3 aromatic rings. The van der Waals surface area contributed by atoms with Gasteiger partial charge in [0.05, 0.1) is 17.0 Å². The van der Waals surface area contributed by atoms with Crippen molar-refractivity contribution in [1.29, 1.82) is 0 Å². The van der Waals surface area contributed by atoms with E-state index in [2.05, 4.69) is 44.7 Å². The molecule has 0 aliphatic carbocycles. The molecule has 0 saturated heterocycles. The van der Waals surface area contributed by atoms with Crippen LogP contribution < -0.4 is 5.43 Å². The van der Waals surface area contributed by atoms with Crippen molar-refractivity contribution in [2.75, 3.05) is 26.2 Å². The van der Waals surface area contributed by atoms with E-state index in [9.17, 15) is 9.59 Å². The van der Waals surface area contributed by atoms with Crippen molar-refractivity contribution >= 4 is 28.5 Å². The molecule has 5 nitrogen and oxygen atoms in total. The van der Waals surface area contributed by atoms with Gasteiger partial charge in [0.2, 0.25) is 5.76 Å². The van der Waals surface area contributed by atoms with Gasteiger partial charge in [0.15, 0.2) is 5.43 Å². The van der Waals surface area contributed by atoms with E-state index >= 15 is 0 Å². The fraction of sp³-hybridized carbons (Fsp3) is 0.407. The number of hydrogen-bond acceptors (Lipinski definition) is 4. The summed E-state index contributed by atoms with van der Waals surface area (Å²) in [5, 5.41) is 0.871.